The van der Waals surface area contributed by atoms with Gasteiger partial charge in [0.15, 0.2) is 0 Å². The SMILES string of the molecule is CCCCCCc1c2ccccc2c(CCCCCC)c2c(Oc3cccc4c(CCCCCC)c5ccccc5c(CCCCCC)c34)cccc12. The third kappa shape index (κ3) is 9.11. The van der Waals surface area contributed by atoms with Crippen LogP contribution in [0.2, 0.25) is 0 Å². The fraction of sp³-hybridized carbons (Fsp3) is 0.462. The maximum absolute atomic E-state index is 7.44. The summed E-state index contributed by atoms with van der Waals surface area (Å²) >= 11 is 0. The third-order valence-corrected chi connectivity index (χ3v) is 11.8. The minimum atomic E-state index is 1.02. The minimum Gasteiger partial charge on any atom is -0.456 e. The van der Waals surface area contributed by atoms with Crippen LogP contribution in [0.1, 0.15) is 153 Å². The van der Waals surface area contributed by atoms with Gasteiger partial charge >= 0.3 is 0 Å². The van der Waals surface area contributed by atoms with Gasteiger partial charge in [0, 0.05) is 10.8 Å². The smallest absolute Gasteiger partial charge is 0.135 e. The second kappa shape index (κ2) is 20.0. The van der Waals surface area contributed by atoms with E-state index in [1.807, 2.05) is 0 Å². The van der Waals surface area contributed by atoms with Crippen LogP contribution in [0.25, 0.3) is 43.1 Å². The van der Waals surface area contributed by atoms with E-state index < -0.39 is 0 Å². The number of aryl methyl sites for hydroxylation is 4. The number of rotatable bonds is 22. The average molecular weight is 707 g/mol. The molecule has 6 aromatic rings. The first-order valence-corrected chi connectivity index (χ1v) is 21.8. The molecule has 0 N–H and O–H groups in total. The van der Waals surface area contributed by atoms with Crippen molar-refractivity contribution in [1.82, 2.24) is 0 Å². The van der Waals surface area contributed by atoms with Crippen molar-refractivity contribution < 1.29 is 4.74 Å². The highest BCUT2D eigenvalue weighted by Gasteiger charge is 2.21. The first-order valence-electron chi connectivity index (χ1n) is 21.8. The number of hydrogen-bond acceptors (Lipinski definition) is 1. The molecule has 6 aromatic carbocycles. The lowest BCUT2D eigenvalue weighted by molar-refractivity contribution is 0.493. The van der Waals surface area contributed by atoms with Crippen LogP contribution in [0.3, 0.4) is 0 Å². The molecule has 0 spiro atoms. The molecule has 0 radical (unpaired) electrons. The molecule has 1 heteroatoms. The van der Waals surface area contributed by atoms with E-state index in [-0.39, 0.29) is 0 Å². The van der Waals surface area contributed by atoms with Crippen LogP contribution in [0, 0.1) is 0 Å². The first-order chi connectivity index (χ1) is 26.2. The predicted molar refractivity (Wildman–Crippen MR) is 234 cm³/mol. The minimum absolute atomic E-state index is 1.02. The summed E-state index contributed by atoms with van der Waals surface area (Å²) in [5.74, 6) is 2.05. The van der Waals surface area contributed by atoms with Crippen molar-refractivity contribution in [1.29, 1.82) is 0 Å². The summed E-state index contributed by atoms with van der Waals surface area (Å²) in [5.41, 5.74) is 5.96. The predicted octanol–water partition coefficient (Wildman–Crippen LogP) is 16.6. The molecule has 0 amide bonds. The molecule has 1 nitrogen and oxygen atoms in total. The lowest BCUT2D eigenvalue weighted by Gasteiger charge is -2.22. The van der Waals surface area contributed by atoms with Gasteiger partial charge < -0.3 is 4.74 Å². The Morgan fingerprint density at radius 2 is 0.604 bits per heavy atom. The van der Waals surface area contributed by atoms with E-state index in [0.29, 0.717) is 0 Å². The van der Waals surface area contributed by atoms with Crippen LogP contribution in [0.4, 0.5) is 0 Å². The fourth-order valence-corrected chi connectivity index (χ4v) is 9.03. The lowest BCUT2D eigenvalue weighted by atomic mass is 9.86. The van der Waals surface area contributed by atoms with Crippen LogP contribution < -0.4 is 4.74 Å². The molecule has 0 aliphatic carbocycles. The molecular weight excluding hydrogens is 641 g/mol. The summed E-state index contributed by atoms with van der Waals surface area (Å²) < 4.78 is 7.44. The van der Waals surface area contributed by atoms with Crippen LogP contribution in [0.5, 0.6) is 11.5 Å². The van der Waals surface area contributed by atoms with E-state index in [0.717, 1.165) is 37.2 Å². The second-order valence-corrected chi connectivity index (χ2v) is 15.7. The van der Waals surface area contributed by atoms with Gasteiger partial charge in [0.05, 0.1) is 0 Å². The van der Waals surface area contributed by atoms with Crippen molar-refractivity contribution in [3.8, 4) is 11.5 Å². The van der Waals surface area contributed by atoms with Gasteiger partial charge in [-0.15, -0.1) is 0 Å². The molecule has 0 aliphatic heterocycles. The molecule has 0 bridgehead atoms. The Hall–Kier alpha value is -3.84. The molecule has 0 aromatic heterocycles. The summed E-state index contributed by atoms with van der Waals surface area (Å²) in [7, 11) is 0. The molecule has 6 rings (SSSR count). The number of benzene rings is 6. The Labute approximate surface area is 321 Å². The van der Waals surface area contributed by atoms with Crippen molar-refractivity contribution >= 4 is 43.1 Å². The zero-order valence-electron chi connectivity index (χ0n) is 33.6. The topological polar surface area (TPSA) is 9.23 Å². The molecule has 0 saturated carbocycles. The Kier molecular flexibility index (Phi) is 14.7. The normalized spacial score (nSPS) is 11.8. The average Bonchev–Trinajstić information content (AvgIpc) is 3.19. The highest BCUT2D eigenvalue weighted by molar-refractivity contribution is 6.10. The Morgan fingerprint density at radius 1 is 0.302 bits per heavy atom. The van der Waals surface area contributed by atoms with Crippen molar-refractivity contribution in [2.75, 3.05) is 0 Å². The van der Waals surface area contributed by atoms with Gasteiger partial charge in [-0.2, -0.15) is 0 Å². The van der Waals surface area contributed by atoms with E-state index in [1.165, 1.54) is 168 Å². The number of hydrogen-bond donors (Lipinski definition) is 0. The van der Waals surface area contributed by atoms with Crippen LogP contribution in [0.15, 0.2) is 84.9 Å². The van der Waals surface area contributed by atoms with Gasteiger partial charge in [-0.1, -0.05) is 178 Å². The molecule has 0 atom stereocenters. The van der Waals surface area contributed by atoms with Crippen molar-refractivity contribution in [2.45, 2.75) is 156 Å². The summed E-state index contributed by atoms with van der Waals surface area (Å²) in [6.45, 7) is 9.24. The van der Waals surface area contributed by atoms with Gasteiger partial charge in [-0.3, -0.25) is 0 Å². The summed E-state index contributed by atoms with van der Waals surface area (Å²) in [4.78, 5) is 0. The van der Waals surface area contributed by atoms with Crippen LogP contribution in [-0.4, -0.2) is 0 Å². The molecule has 0 heterocycles. The second-order valence-electron chi connectivity index (χ2n) is 15.7. The van der Waals surface area contributed by atoms with Gasteiger partial charge in [0.1, 0.15) is 11.5 Å². The third-order valence-electron chi connectivity index (χ3n) is 11.8. The lowest BCUT2D eigenvalue weighted by Crippen LogP contribution is -2.01. The van der Waals surface area contributed by atoms with Crippen LogP contribution >= 0.6 is 0 Å². The standard InChI is InChI=1S/C52H66O/c1-5-9-13-17-27-41-39-29-21-23-31-43(39)45(33-19-15-11-7-3)51-47(41)35-25-37-49(51)53-50-38-26-36-48-42(28-18-14-10-6-2)40-30-22-24-32-44(40)46(52(48)50)34-20-16-12-8-4/h21-26,29-32,35-38H,5-20,27-28,33-34H2,1-4H3. The molecule has 280 valence electrons. The molecule has 0 unspecified atom stereocenters. The van der Waals surface area contributed by atoms with Gasteiger partial charge in [0.25, 0.3) is 0 Å². The number of fused-ring (bicyclic) bond motifs is 4. The van der Waals surface area contributed by atoms with Gasteiger partial charge in [-0.25, -0.2) is 0 Å². The molecular formula is C52H66O. The monoisotopic (exact) mass is 707 g/mol. The highest BCUT2D eigenvalue weighted by Crippen LogP contribution is 2.45. The first kappa shape index (κ1) is 38.9. The summed E-state index contributed by atoms with van der Waals surface area (Å²) in [6, 6.07) is 32.4. The van der Waals surface area contributed by atoms with E-state index in [4.69, 9.17) is 4.74 Å². The van der Waals surface area contributed by atoms with Crippen LogP contribution in [-0.2, 0) is 25.7 Å². The maximum Gasteiger partial charge on any atom is 0.135 e. The highest BCUT2D eigenvalue weighted by atomic mass is 16.5. The van der Waals surface area contributed by atoms with E-state index in [1.54, 1.807) is 0 Å². The number of unbranched alkanes of at least 4 members (excludes halogenated alkanes) is 12. The number of ether oxygens (including phenoxy) is 1. The van der Waals surface area contributed by atoms with Gasteiger partial charge in [-0.05, 0) is 118 Å². The maximum atomic E-state index is 7.44. The zero-order valence-corrected chi connectivity index (χ0v) is 33.6. The molecule has 0 aliphatic rings. The Morgan fingerprint density at radius 3 is 0.943 bits per heavy atom. The molecule has 0 fully saturated rings. The molecule has 53 heavy (non-hydrogen) atoms. The largest absolute Gasteiger partial charge is 0.456 e. The van der Waals surface area contributed by atoms with Crippen molar-refractivity contribution in [3.05, 3.63) is 107 Å². The van der Waals surface area contributed by atoms with Crippen molar-refractivity contribution in [2.24, 2.45) is 0 Å². The summed E-state index contributed by atoms with van der Waals surface area (Å²) in [6.07, 6.45) is 24.6. The van der Waals surface area contributed by atoms with Gasteiger partial charge in [0.2, 0.25) is 0 Å². The Balaban J connectivity index is 1.56. The molecule has 0 saturated heterocycles. The van der Waals surface area contributed by atoms with E-state index >= 15 is 0 Å². The fourth-order valence-electron chi connectivity index (χ4n) is 9.03. The van der Waals surface area contributed by atoms with E-state index in [9.17, 15) is 0 Å². The zero-order chi connectivity index (χ0) is 36.8. The van der Waals surface area contributed by atoms with Crippen molar-refractivity contribution in [3.63, 3.8) is 0 Å². The summed E-state index contributed by atoms with van der Waals surface area (Å²) in [5, 5.41) is 11.2. The Bertz CT molecular complexity index is 1920. The van der Waals surface area contributed by atoms with E-state index in [2.05, 4.69) is 113 Å². The quantitative estimate of drug-likeness (QED) is 0.0504.